The van der Waals surface area contributed by atoms with Crippen LogP contribution in [-0.2, 0) is 0 Å². The van der Waals surface area contributed by atoms with Crippen LogP contribution in [0.15, 0.2) is 261 Å². The van der Waals surface area contributed by atoms with Gasteiger partial charge in [0.15, 0.2) is 17.5 Å². The van der Waals surface area contributed by atoms with Gasteiger partial charge in [-0.05, 0) is 102 Å². The first-order valence-corrected chi connectivity index (χ1v) is 22.3. The molecule has 0 saturated carbocycles. The monoisotopic (exact) mass is 841 g/mol. The second kappa shape index (κ2) is 18.1. The van der Waals surface area contributed by atoms with Crippen LogP contribution in [0.25, 0.3) is 112 Å². The molecule has 11 aromatic rings. The molecule has 0 saturated heterocycles. The van der Waals surface area contributed by atoms with E-state index < -0.39 is 0 Å². The van der Waals surface area contributed by atoms with Gasteiger partial charge < -0.3 is 0 Å². The molecule has 0 fully saturated rings. The zero-order valence-electron chi connectivity index (χ0n) is 36.2. The van der Waals surface area contributed by atoms with Crippen LogP contribution in [0.5, 0.6) is 0 Å². The molecule has 0 spiro atoms. The number of hydrogen-bond acceptors (Lipinski definition) is 3. The number of benzene rings is 10. The number of nitrogens with zero attached hydrogens (tertiary/aromatic N) is 3. The van der Waals surface area contributed by atoms with Crippen molar-refractivity contribution in [3.8, 4) is 112 Å². The summed E-state index contributed by atoms with van der Waals surface area (Å²) in [6, 6.07) is 92.1. The molecule has 0 atom stereocenters. The molecule has 0 N–H and O–H groups in total. The van der Waals surface area contributed by atoms with Crippen molar-refractivity contribution in [2.45, 2.75) is 0 Å². The van der Waals surface area contributed by atoms with Crippen LogP contribution in [0.3, 0.4) is 0 Å². The van der Waals surface area contributed by atoms with E-state index in [0.29, 0.717) is 17.5 Å². The second-order valence-electron chi connectivity index (χ2n) is 16.3. The third-order valence-electron chi connectivity index (χ3n) is 12.1. The average molecular weight is 842 g/mol. The Labute approximate surface area is 386 Å². The molecule has 0 bridgehead atoms. The van der Waals surface area contributed by atoms with E-state index in [-0.39, 0.29) is 0 Å². The third kappa shape index (κ3) is 8.14. The fraction of sp³-hybridized carbons (Fsp3) is 0. The van der Waals surface area contributed by atoms with E-state index in [4.69, 9.17) is 15.0 Å². The largest absolute Gasteiger partial charge is 0.208 e. The van der Waals surface area contributed by atoms with E-state index in [1.54, 1.807) is 0 Å². The minimum Gasteiger partial charge on any atom is -0.208 e. The average Bonchev–Trinajstić information content (AvgIpc) is 3.42. The molecule has 3 heteroatoms. The third-order valence-corrected chi connectivity index (χ3v) is 12.1. The molecule has 66 heavy (non-hydrogen) atoms. The van der Waals surface area contributed by atoms with E-state index in [1.807, 2.05) is 30.3 Å². The molecule has 11 rings (SSSR count). The molecule has 3 nitrogen and oxygen atoms in total. The molecule has 1 aromatic heterocycles. The minimum atomic E-state index is 0.606. The van der Waals surface area contributed by atoms with Crippen molar-refractivity contribution >= 4 is 0 Å². The summed E-state index contributed by atoms with van der Waals surface area (Å²) in [7, 11) is 0. The topological polar surface area (TPSA) is 38.7 Å². The Morgan fingerprint density at radius 2 is 0.424 bits per heavy atom. The lowest BCUT2D eigenvalue weighted by Gasteiger charge is -2.24. The van der Waals surface area contributed by atoms with Gasteiger partial charge in [0.2, 0.25) is 0 Å². The first-order valence-electron chi connectivity index (χ1n) is 22.3. The number of hydrogen-bond donors (Lipinski definition) is 0. The Morgan fingerprint density at radius 3 is 0.818 bits per heavy atom. The summed E-state index contributed by atoms with van der Waals surface area (Å²) in [6.45, 7) is 0. The van der Waals surface area contributed by atoms with Crippen LogP contribution in [-0.4, -0.2) is 15.0 Å². The van der Waals surface area contributed by atoms with Gasteiger partial charge in [-0.1, -0.05) is 237 Å². The molecule has 0 aliphatic carbocycles. The van der Waals surface area contributed by atoms with Crippen LogP contribution >= 0.6 is 0 Å². The maximum absolute atomic E-state index is 5.27. The van der Waals surface area contributed by atoms with Gasteiger partial charge in [-0.15, -0.1) is 0 Å². The first kappa shape index (κ1) is 40.0. The fourth-order valence-corrected chi connectivity index (χ4v) is 8.96. The molecule has 1 heterocycles. The summed E-state index contributed by atoms with van der Waals surface area (Å²) < 4.78 is 0. The van der Waals surface area contributed by atoms with E-state index in [1.165, 1.54) is 27.8 Å². The van der Waals surface area contributed by atoms with Gasteiger partial charge in [0.05, 0.1) is 0 Å². The summed E-state index contributed by atoms with van der Waals surface area (Å²) in [5.41, 5.74) is 18.8. The van der Waals surface area contributed by atoms with Gasteiger partial charge in [0.1, 0.15) is 0 Å². The van der Waals surface area contributed by atoms with Gasteiger partial charge in [-0.2, -0.15) is 0 Å². The Bertz CT molecular complexity index is 3340. The Morgan fingerprint density at radius 1 is 0.167 bits per heavy atom. The molecule has 0 amide bonds. The van der Waals surface area contributed by atoms with E-state index in [2.05, 4.69) is 231 Å². The summed E-state index contributed by atoms with van der Waals surface area (Å²) in [5, 5.41) is 0. The minimum absolute atomic E-state index is 0.606. The van der Waals surface area contributed by atoms with Crippen molar-refractivity contribution in [1.29, 1.82) is 0 Å². The summed E-state index contributed by atoms with van der Waals surface area (Å²) >= 11 is 0. The smallest absolute Gasteiger partial charge is 0.164 e. The Hall–Kier alpha value is -8.79. The molecule has 0 unspecified atom stereocenters. The van der Waals surface area contributed by atoms with E-state index in [9.17, 15) is 0 Å². The predicted molar refractivity (Wildman–Crippen MR) is 274 cm³/mol. The van der Waals surface area contributed by atoms with Crippen molar-refractivity contribution in [2.24, 2.45) is 0 Å². The van der Waals surface area contributed by atoms with Gasteiger partial charge >= 0.3 is 0 Å². The van der Waals surface area contributed by atoms with Crippen molar-refractivity contribution < 1.29 is 0 Å². The van der Waals surface area contributed by atoms with Crippen molar-refractivity contribution in [3.63, 3.8) is 0 Å². The van der Waals surface area contributed by atoms with Crippen molar-refractivity contribution in [3.05, 3.63) is 261 Å². The fourth-order valence-electron chi connectivity index (χ4n) is 8.96. The molecule has 0 radical (unpaired) electrons. The van der Waals surface area contributed by atoms with Crippen molar-refractivity contribution in [2.75, 3.05) is 0 Å². The van der Waals surface area contributed by atoms with Gasteiger partial charge in [0, 0.05) is 16.7 Å². The SMILES string of the molecule is c1ccc(-c2cc(-c3ccccc3)cc(-c3nc(-c4ccccc4)nc(-c4ccc(-c5cc(-c6ccccc6)c(-c6ccccc6)c(-c6ccccc6)c5-c5ccccc5)cc4)n3)c2)cc1. The predicted octanol–water partition coefficient (Wildman–Crippen LogP) is 16.5. The lowest BCUT2D eigenvalue weighted by molar-refractivity contribution is 1.07. The summed E-state index contributed by atoms with van der Waals surface area (Å²) in [5.74, 6) is 1.84. The first-order chi connectivity index (χ1) is 32.7. The summed E-state index contributed by atoms with van der Waals surface area (Å²) in [6.07, 6.45) is 0. The van der Waals surface area contributed by atoms with Gasteiger partial charge in [-0.25, -0.2) is 15.0 Å². The molecule has 0 aliphatic rings. The highest BCUT2D eigenvalue weighted by molar-refractivity contribution is 6.07. The number of rotatable bonds is 10. The van der Waals surface area contributed by atoms with E-state index in [0.717, 1.165) is 66.8 Å². The molecule has 10 aromatic carbocycles. The highest BCUT2D eigenvalue weighted by atomic mass is 15.0. The standard InChI is InChI=1S/C63H43N3/c1-8-22-44(23-9-1)53-40-54(45-24-10-2-11-25-45)42-55(41-53)63-65-61(51-34-20-7-21-35-51)64-62(66-63)52-38-36-47(37-39-52)57-43-56(46-26-12-3-13-27-46)58(48-28-14-4-15-29-48)60(50-32-18-6-19-33-50)59(57)49-30-16-5-17-31-49/h1-43H. The number of aromatic nitrogens is 3. The zero-order valence-corrected chi connectivity index (χ0v) is 36.2. The maximum Gasteiger partial charge on any atom is 0.164 e. The van der Waals surface area contributed by atoms with Crippen molar-refractivity contribution in [1.82, 2.24) is 15.0 Å². The van der Waals surface area contributed by atoms with Crippen LogP contribution in [0.1, 0.15) is 0 Å². The molecular formula is C63H43N3. The molecule has 0 aliphatic heterocycles. The van der Waals surface area contributed by atoms with Crippen LogP contribution in [0.4, 0.5) is 0 Å². The van der Waals surface area contributed by atoms with Gasteiger partial charge in [-0.3, -0.25) is 0 Å². The second-order valence-corrected chi connectivity index (χ2v) is 16.3. The summed E-state index contributed by atoms with van der Waals surface area (Å²) in [4.78, 5) is 15.6. The molecule has 310 valence electrons. The highest BCUT2D eigenvalue weighted by Crippen LogP contribution is 2.50. The van der Waals surface area contributed by atoms with E-state index >= 15 is 0 Å². The normalized spacial score (nSPS) is 11.0. The Kier molecular flexibility index (Phi) is 11.0. The Balaban J connectivity index is 1.11. The van der Waals surface area contributed by atoms with Crippen LogP contribution in [0.2, 0.25) is 0 Å². The quantitative estimate of drug-likeness (QED) is 0.138. The highest BCUT2D eigenvalue weighted by Gasteiger charge is 2.24. The maximum atomic E-state index is 5.27. The van der Waals surface area contributed by atoms with Gasteiger partial charge in [0.25, 0.3) is 0 Å². The zero-order chi connectivity index (χ0) is 44.1. The van der Waals surface area contributed by atoms with Crippen LogP contribution < -0.4 is 0 Å². The lowest BCUT2D eigenvalue weighted by atomic mass is 9.79. The molecular weight excluding hydrogens is 799 g/mol. The lowest BCUT2D eigenvalue weighted by Crippen LogP contribution is -2.01. The van der Waals surface area contributed by atoms with Crippen LogP contribution in [0, 0.1) is 0 Å².